The van der Waals surface area contributed by atoms with E-state index in [-0.39, 0.29) is 30.1 Å². The second-order valence-electron chi connectivity index (χ2n) is 6.00. The van der Waals surface area contributed by atoms with Gasteiger partial charge in [-0.1, -0.05) is 15.9 Å². The van der Waals surface area contributed by atoms with Crippen LogP contribution in [0.15, 0.2) is 45.5 Å². The van der Waals surface area contributed by atoms with Gasteiger partial charge in [0.25, 0.3) is 5.91 Å². The fourth-order valence-electron chi connectivity index (χ4n) is 2.91. The van der Waals surface area contributed by atoms with Crippen LogP contribution in [0.25, 0.3) is 0 Å². The van der Waals surface area contributed by atoms with E-state index in [1.165, 1.54) is 12.3 Å². The molecule has 1 saturated heterocycles. The maximum atomic E-state index is 13.7. The molecule has 132 valence electrons. The summed E-state index contributed by atoms with van der Waals surface area (Å²) >= 11 is 3.29. The molecule has 0 unspecified atom stereocenters. The first-order valence-corrected chi connectivity index (χ1v) is 8.88. The number of hydrogen-bond acceptors (Lipinski definition) is 3. The minimum absolute atomic E-state index is 0.107. The predicted molar refractivity (Wildman–Crippen MR) is 93.3 cm³/mol. The smallest absolute Gasteiger partial charge is 0.289 e. The zero-order chi connectivity index (χ0) is 17.8. The summed E-state index contributed by atoms with van der Waals surface area (Å²) < 4.78 is 19.6. The summed E-state index contributed by atoms with van der Waals surface area (Å²) in [5, 5.41) is 2.79. The number of carbonyl (C=O) groups excluding carboxylic acids is 2. The lowest BCUT2D eigenvalue weighted by Crippen LogP contribution is -2.42. The maximum Gasteiger partial charge on any atom is 0.289 e. The van der Waals surface area contributed by atoms with E-state index in [2.05, 4.69) is 21.2 Å². The van der Waals surface area contributed by atoms with Crippen molar-refractivity contribution in [3.05, 3.63) is 58.2 Å². The lowest BCUT2D eigenvalue weighted by Gasteiger charge is -2.30. The van der Waals surface area contributed by atoms with Crippen molar-refractivity contribution >= 4 is 27.7 Å². The van der Waals surface area contributed by atoms with E-state index in [1.807, 2.05) is 0 Å². The summed E-state index contributed by atoms with van der Waals surface area (Å²) in [6, 6.07) is 7.94. The van der Waals surface area contributed by atoms with Crippen LogP contribution in [0.1, 0.15) is 29.0 Å². The van der Waals surface area contributed by atoms with Gasteiger partial charge in [-0.05, 0) is 43.2 Å². The third kappa shape index (κ3) is 4.28. The lowest BCUT2D eigenvalue weighted by molar-refractivity contribution is -0.126. The summed E-state index contributed by atoms with van der Waals surface area (Å²) in [5.74, 6) is -0.462. The summed E-state index contributed by atoms with van der Waals surface area (Å²) in [6.07, 6.45) is 2.63. The topological polar surface area (TPSA) is 62.6 Å². The first-order chi connectivity index (χ1) is 12.0. The molecule has 1 aliphatic heterocycles. The molecule has 0 spiro atoms. The van der Waals surface area contributed by atoms with Crippen LogP contribution in [-0.4, -0.2) is 29.8 Å². The quantitative estimate of drug-likeness (QED) is 0.843. The summed E-state index contributed by atoms with van der Waals surface area (Å²) in [4.78, 5) is 26.2. The molecule has 2 amide bonds. The molecule has 7 heteroatoms. The predicted octanol–water partition coefficient (Wildman–Crippen LogP) is 3.35. The molecule has 25 heavy (non-hydrogen) atoms. The highest BCUT2D eigenvalue weighted by Crippen LogP contribution is 2.20. The average molecular weight is 409 g/mol. The highest BCUT2D eigenvalue weighted by atomic mass is 79.9. The second kappa shape index (κ2) is 7.82. The SMILES string of the molecule is O=C(NCc1cc(Br)ccc1F)C1CCN(C(=O)c2ccco2)CC1. The molecular formula is C18H18BrFN2O3. The van der Waals surface area contributed by atoms with Crippen molar-refractivity contribution in [2.75, 3.05) is 13.1 Å². The lowest BCUT2D eigenvalue weighted by atomic mass is 9.95. The number of hydrogen-bond donors (Lipinski definition) is 1. The van der Waals surface area contributed by atoms with Crippen LogP contribution in [0.3, 0.4) is 0 Å². The van der Waals surface area contributed by atoms with E-state index in [0.717, 1.165) is 4.47 Å². The number of piperidine rings is 1. The van der Waals surface area contributed by atoms with Gasteiger partial charge >= 0.3 is 0 Å². The molecule has 5 nitrogen and oxygen atoms in total. The molecule has 3 rings (SSSR count). The standard InChI is InChI=1S/C18H18BrFN2O3/c19-14-3-4-15(20)13(10-14)11-21-17(23)12-5-7-22(8-6-12)18(24)16-2-1-9-25-16/h1-4,9-10,12H,5-8,11H2,(H,21,23). The zero-order valence-electron chi connectivity index (χ0n) is 13.5. The third-order valence-electron chi connectivity index (χ3n) is 4.35. The van der Waals surface area contributed by atoms with Crippen LogP contribution >= 0.6 is 15.9 Å². The number of benzene rings is 1. The number of halogens is 2. The van der Waals surface area contributed by atoms with Crippen molar-refractivity contribution in [2.24, 2.45) is 5.92 Å². The van der Waals surface area contributed by atoms with Crippen LogP contribution < -0.4 is 5.32 Å². The van der Waals surface area contributed by atoms with Gasteiger partial charge in [0.2, 0.25) is 5.91 Å². The van der Waals surface area contributed by atoms with Gasteiger partial charge in [0.15, 0.2) is 5.76 Å². The Kier molecular flexibility index (Phi) is 5.53. The van der Waals surface area contributed by atoms with Gasteiger partial charge in [-0.15, -0.1) is 0 Å². The largest absolute Gasteiger partial charge is 0.459 e. The average Bonchev–Trinajstić information content (AvgIpc) is 3.16. The van der Waals surface area contributed by atoms with Gasteiger partial charge in [-0.2, -0.15) is 0 Å². The number of carbonyl (C=O) groups is 2. The Hall–Kier alpha value is -2.15. The van der Waals surface area contributed by atoms with Crippen LogP contribution in [-0.2, 0) is 11.3 Å². The molecule has 1 aromatic carbocycles. The number of rotatable bonds is 4. The van der Waals surface area contributed by atoms with E-state index in [1.54, 1.807) is 29.2 Å². The Labute approximate surface area is 153 Å². The Morgan fingerprint density at radius 1 is 1.28 bits per heavy atom. The van der Waals surface area contributed by atoms with E-state index < -0.39 is 0 Å². The van der Waals surface area contributed by atoms with Crippen molar-refractivity contribution in [1.82, 2.24) is 10.2 Å². The minimum Gasteiger partial charge on any atom is -0.459 e. The monoisotopic (exact) mass is 408 g/mol. The molecular weight excluding hydrogens is 391 g/mol. The molecule has 2 heterocycles. The molecule has 0 bridgehead atoms. The Morgan fingerprint density at radius 3 is 2.72 bits per heavy atom. The van der Waals surface area contributed by atoms with Crippen molar-refractivity contribution in [3.8, 4) is 0 Å². The normalized spacial score (nSPS) is 15.2. The molecule has 0 saturated carbocycles. The Morgan fingerprint density at radius 2 is 2.04 bits per heavy atom. The summed E-state index contributed by atoms with van der Waals surface area (Å²) in [6.45, 7) is 1.15. The van der Waals surface area contributed by atoms with Crippen LogP contribution in [0.2, 0.25) is 0 Å². The van der Waals surface area contributed by atoms with Crippen molar-refractivity contribution in [2.45, 2.75) is 19.4 Å². The van der Waals surface area contributed by atoms with Crippen LogP contribution in [0.4, 0.5) is 4.39 Å². The Bertz CT molecular complexity index is 756. The zero-order valence-corrected chi connectivity index (χ0v) is 15.1. The molecule has 1 N–H and O–H groups in total. The number of nitrogens with one attached hydrogen (secondary N) is 1. The molecule has 0 radical (unpaired) electrons. The number of furan rings is 1. The Balaban J connectivity index is 1.50. The number of amides is 2. The number of nitrogens with zero attached hydrogens (tertiary/aromatic N) is 1. The number of likely N-dealkylation sites (tertiary alicyclic amines) is 1. The van der Waals surface area contributed by atoms with E-state index in [4.69, 9.17) is 4.42 Å². The van der Waals surface area contributed by atoms with E-state index in [9.17, 15) is 14.0 Å². The van der Waals surface area contributed by atoms with E-state index in [0.29, 0.717) is 37.3 Å². The molecule has 0 atom stereocenters. The molecule has 1 fully saturated rings. The molecule has 1 aliphatic rings. The van der Waals surface area contributed by atoms with Gasteiger partial charge in [-0.3, -0.25) is 9.59 Å². The highest BCUT2D eigenvalue weighted by Gasteiger charge is 2.28. The minimum atomic E-state index is -0.345. The third-order valence-corrected chi connectivity index (χ3v) is 4.84. The fourth-order valence-corrected chi connectivity index (χ4v) is 3.31. The first kappa shape index (κ1) is 17.7. The molecule has 2 aromatic rings. The van der Waals surface area contributed by atoms with Crippen LogP contribution in [0, 0.1) is 11.7 Å². The van der Waals surface area contributed by atoms with E-state index >= 15 is 0 Å². The van der Waals surface area contributed by atoms with Gasteiger partial charge in [0.05, 0.1) is 6.26 Å². The van der Waals surface area contributed by atoms with Gasteiger partial charge in [0, 0.05) is 35.6 Å². The second-order valence-corrected chi connectivity index (χ2v) is 6.91. The van der Waals surface area contributed by atoms with Crippen molar-refractivity contribution in [3.63, 3.8) is 0 Å². The molecule has 1 aromatic heterocycles. The summed E-state index contributed by atoms with van der Waals surface area (Å²) in [5.41, 5.74) is 0.438. The van der Waals surface area contributed by atoms with Gasteiger partial charge < -0.3 is 14.6 Å². The highest BCUT2D eigenvalue weighted by molar-refractivity contribution is 9.10. The van der Waals surface area contributed by atoms with Crippen LogP contribution in [0.5, 0.6) is 0 Å². The van der Waals surface area contributed by atoms with Gasteiger partial charge in [-0.25, -0.2) is 4.39 Å². The van der Waals surface area contributed by atoms with Crippen molar-refractivity contribution < 1.29 is 18.4 Å². The molecule has 0 aliphatic carbocycles. The fraction of sp³-hybridized carbons (Fsp3) is 0.333. The van der Waals surface area contributed by atoms with Gasteiger partial charge in [0.1, 0.15) is 5.82 Å². The maximum absolute atomic E-state index is 13.7. The van der Waals surface area contributed by atoms with Crippen molar-refractivity contribution in [1.29, 1.82) is 0 Å². The first-order valence-electron chi connectivity index (χ1n) is 8.09. The summed E-state index contributed by atoms with van der Waals surface area (Å²) in [7, 11) is 0.